The van der Waals surface area contributed by atoms with E-state index in [2.05, 4.69) is 35.3 Å². The number of piperazine rings is 1. The van der Waals surface area contributed by atoms with Crippen molar-refractivity contribution in [3.05, 3.63) is 48.3 Å². The van der Waals surface area contributed by atoms with E-state index in [1.54, 1.807) is 19.5 Å². The van der Waals surface area contributed by atoms with Crippen LogP contribution < -0.4 is 14.5 Å². The molecule has 1 fully saturated rings. The second-order valence-electron chi connectivity index (χ2n) is 6.01. The minimum atomic E-state index is 0.619. The summed E-state index contributed by atoms with van der Waals surface area (Å²) in [6, 6.07) is 9.76. The molecule has 0 bridgehead atoms. The van der Waals surface area contributed by atoms with E-state index in [0.29, 0.717) is 6.54 Å². The summed E-state index contributed by atoms with van der Waals surface area (Å²) in [6.07, 6.45) is 3.54. The maximum Gasteiger partial charge on any atom is 0.245 e. The average molecular weight is 352 g/mol. The van der Waals surface area contributed by atoms with Crippen LogP contribution in [0.4, 0.5) is 11.9 Å². The van der Waals surface area contributed by atoms with Gasteiger partial charge in [0.2, 0.25) is 11.9 Å². The molecule has 0 N–H and O–H groups in total. The van der Waals surface area contributed by atoms with Gasteiger partial charge in [0.25, 0.3) is 0 Å². The van der Waals surface area contributed by atoms with Crippen molar-refractivity contribution in [2.45, 2.75) is 6.54 Å². The van der Waals surface area contributed by atoms with Gasteiger partial charge in [-0.25, -0.2) is 14.6 Å². The summed E-state index contributed by atoms with van der Waals surface area (Å²) in [5.74, 6) is 2.39. The Kier molecular flexibility index (Phi) is 4.59. The van der Waals surface area contributed by atoms with Crippen LogP contribution in [0.2, 0.25) is 0 Å². The lowest BCUT2D eigenvalue weighted by Gasteiger charge is -2.34. The number of aromatic nitrogens is 6. The molecule has 0 aliphatic carbocycles. The van der Waals surface area contributed by atoms with Gasteiger partial charge in [-0.05, 0) is 34.2 Å². The first-order valence-corrected chi connectivity index (χ1v) is 8.49. The van der Waals surface area contributed by atoms with Gasteiger partial charge >= 0.3 is 0 Å². The van der Waals surface area contributed by atoms with Gasteiger partial charge in [-0.1, -0.05) is 17.2 Å². The van der Waals surface area contributed by atoms with Gasteiger partial charge in [0, 0.05) is 38.6 Å². The van der Waals surface area contributed by atoms with E-state index >= 15 is 0 Å². The van der Waals surface area contributed by atoms with Crippen LogP contribution in [0.3, 0.4) is 0 Å². The fourth-order valence-corrected chi connectivity index (χ4v) is 2.99. The van der Waals surface area contributed by atoms with E-state index in [1.807, 2.05) is 35.0 Å². The molecule has 9 nitrogen and oxygen atoms in total. The normalized spacial score (nSPS) is 14.5. The summed E-state index contributed by atoms with van der Waals surface area (Å²) in [7, 11) is 1.66. The van der Waals surface area contributed by atoms with Gasteiger partial charge in [0.15, 0.2) is 0 Å². The number of hydrogen-bond donors (Lipinski definition) is 0. The lowest BCUT2D eigenvalue weighted by atomic mass is 10.2. The molecule has 1 aliphatic heterocycles. The average Bonchev–Trinajstić information content (AvgIpc) is 3.17. The van der Waals surface area contributed by atoms with Crippen molar-refractivity contribution in [1.82, 2.24) is 30.2 Å². The maximum absolute atomic E-state index is 5.20. The number of methoxy groups -OCH3 is 1. The summed E-state index contributed by atoms with van der Waals surface area (Å²) in [5, 5.41) is 12.2. The third kappa shape index (κ3) is 3.41. The molecule has 2 aromatic heterocycles. The summed E-state index contributed by atoms with van der Waals surface area (Å²) in [5.41, 5.74) is 1.12. The predicted octanol–water partition coefficient (Wildman–Crippen LogP) is 0.847. The Morgan fingerprint density at radius 3 is 2.35 bits per heavy atom. The van der Waals surface area contributed by atoms with Gasteiger partial charge < -0.3 is 14.5 Å². The number of rotatable bonds is 5. The highest BCUT2D eigenvalue weighted by molar-refractivity contribution is 5.37. The van der Waals surface area contributed by atoms with Crippen molar-refractivity contribution < 1.29 is 4.74 Å². The number of ether oxygens (including phenoxy) is 1. The van der Waals surface area contributed by atoms with E-state index in [1.165, 1.54) is 0 Å². The highest BCUT2D eigenvalue weighted by atomic mass is 16.5. The molecule has 1 aliphatic rings. The van der Waals surface area contributed by atoms with Gasteiger partial charge in [-0.15, -0.1) is 0 Å². The lowest BCUT2D eigenvalue weighted by Crippen LogP contribution is -2.48. The SMILES string of the molecule is COc1ccc(Cn2nnnc2N2CCN(c3ncccn3)CC2)cc1. The molecule has 3 heterocycles. The largest absolute Gasteiger partial charge is 0.497 e. The van der Waals surface area contributed by atoms with Crippen LogP contribution in [-0.2, 0) is 6.54 Å². The van der Waals surface area contributed by atoms with Crippen molar-refractivity contribution in [1.29, 1.82) is 0 Å². The van der Waals surface area contributed by atoms with Crippen molar-refractivity contribution in [3.63, 3.8) is 0 Å². The van der Waals surface area contributed by atoms with Crippen LogP contribution in [-0.4, -0.2) is 63.5 Å². The van der Waals surface area contributed by atoms with Gasteiger partial charge in [0.05, 0.1) is 13.7 Å². The Bertz CT molecular complexity index is 827. The highest BCUT2D eigenvalue weighted by Crippen LogP contribution is 2.17. The molecule has 9 heteroatoms. The van der Waals surface area contributed by atoms with Gasteiger partial charge in [0.1, 0.15) is 5.75 Å². The Labute approximate surface area is 151 Å². The molecule has 0 atom stereocenters. The molecule has 0 saturated carbocycles. The quantitative estimate of drug-likeness (QED) is 0.668. The van der Waals surface area contributed by atoms with Crippen LogP contribution in [0.25, 0.3) is 0 Å². The summed E-state index contributed by atoms with van der Waals surface area (Å²) in [4.78, 5) is 13.0. The Hall–Kier alpha value is -3.23. The lowest BCUT2D eigenvalue weighted by molar-refractivity contribution is 0.414. The van der Waals surface area contributed by atoms with E-state index in [-0.39, 0.29) is 0 Å². The third-order valence-corrected chi connectivity index (χ3v) is 4.40. The van der Waals surface area contributed by atoms with E-state index in [0.717, 1.165) is 49.4 Å². The number of benzene rings is 1. The zero-order valence-electron chi connectivity index (χ0n) is 14.6. The molecule has 0 unspecified atom stereocenters. The number of hydrogen-bond acceptors (Lipinski definition) is 8. The molecule has 3 aromatic rings. The second-order valence-corrected chi connectivity index (χ2v) is 6.01. The number of anilines is 2. The van der Waals surface area contributed by atoms with E-state index < -0.39 is 0 Å². The number of tetrazole rings is 1. The second kappa shape index (κ2) is 7.34. The topological polar surface area (TPSA) is 85.1 Å². The zero-order chi connectivity index (χ0) is 17.8. The van der Waals surface area contributed by atoms with Gasteiger partial charge in [-0.2, -0.15) is 0 Å². The van der Waals surface area contributed by atoms with Crippen molar-refractivity contribution in [3.8, 4) is 5.75 Å². The first-order chi connectivity index (χ1) is 12.8. The van der Waals surface area contributed by atoms with Crippen LogP contribution in [0, 0.1) is 0 Å². The Morgan fingerprint density at radius 2 is 1.65 bits per heavy atom. The van der Waals surface area contributed by atoms with Crippen LogP contribution in [0.15, 0.2) is 42.7 Å². The van der Waals surface area contributed by atoms with Crippen molar-refractivity contribution in [2.24, 2.45) is 0 Å². The summed E-state index contributed by atoms with van der Waals surface area (Å²) in [6.45, 7) is 3.93. The third-order valence-electron chi connectivity index (χ3n) is 4.40. The molecule has 0 amide bonds. The minimum Gasteiger partial charge on any atom is -0.497 e. The smallest absolute Gasteiger partial charge is 0.245 e. The Balaban J connectivity index is 1.42. The fraction of sp³-hybridized carbons (Fsp3) is 0.353. The molecule has 1 saturated heterocycles. The van der Waals surface area contributed by atoms with Gasteiger partial charge in [-0.3, -0.25) is 0 Å². The van der Waals surface area contributed by atoms with Crippen LogP contribution in [0.5, 0.6) is 5.75 Å². The van der Waals surface area contributed by atoms with E-state index in [9.17, 15) is 0 Å². The Morgan fingerprint density at radius 1 is 0.962 bits per heavy atom. The first-order valence-electron chi connectivity index (χ1n) is 8.49. The zero-order valence-corrected chi connectivity index (χ0v) is 14.6. The fourth-order valence-electron chi connectivity index (χ4n) is 2.99. The number of nitrogens with zero attached hydrogens (tertiary/aromatic N) is 8. The summed E-state index contributed by atoms with van der Waals surface area (Å²) >= 11 is 0. The van der Waals surface area contributed by atoms with Crippen molar-refractivity contribution in [2.75, 3.05) is 43.1 Å². The molecular formula is C17H20N8O. The maximum atomic E-state index is 5.20. The minimum absolute atomic E-state index is 0.619. The molecular weight excluding hydrogens is 332 g/mol. The monoisotopic (exact) mass is 352 g/mol. The predicted molar refractivity (Wildman–Crippen MR) is 96.4 cm³/mol. The highest BCUT2D eigenvalue weighted by Gasteiger charge is 2.22. The molecule has 134 valence electrons. The summed E-state index contributed by atoms with van der Waals surface area (Å²) < 4.78 is 7.03. The molecule has 1 aromatic carbocycles. The molecule has 26 heavy (non-hydrogen) atoms. The van der Waals surface area contributed by atoms with Crippen molar-refractivity contribution >= 4 is 11.9 Å². The molecule has 4 rings (SSSR count). The molecule has 0 radical (unpaired) electrons. The van der Waals surface area contributed by atoms with Crippen LogP contribution >= 0.6 is 0 Å². The standard InChI is InChI=1S/C17H20N8O/c1-26-15-5-3-14(4-6-15)13-25-17(20-21-22-25)24-11-9-23(10-12-24)16-18-7-2-8-19-16/h2-8H,9-13H2,1H3. The van der Waals surface area contributed by atoms with E-state index in [4.69, 9.17) is 4.74 Å². The first kappa shape index (κ1) is 16.2. The van der Waals surface area contributed by atoms with Crippen LogP contribution in [0.1, 0.15) is 5.56 Å². The molecule has 0 spiro atoms.